The molecule has 1 fully saturated rings. The maximum Gasteiger partial charge on any atom is 0.191 e. The van der Waals surface area contributed by atoms with Crippen molar-refractivity contribution in [1.29, 1.82) is 0 Å². The number of guanidine groups is 1. The monoisotopic (exact) mass is 507 g/mol. The van der Waals surface area contributed by atoms with E-state index in [9.17, 15) is 0 Å². The molecule has 1 aliphatic carbocycles. The summed E-state index contributed by atoms with van der Waals surface area (Å²) in [6.45, 7) is 2.27. The highest BCUT2D eigenvalue weighted by atomic mass is 127. The van der Waals surface area contributed by atoms with E-state index in [0.29, 0.717) is 23.5 Å². The minimum atomic E-state index is 0. The fourth-order valence-electron chi connectivity index (χ4n) is 3.41. The maximum atomic E-state index is 5.49. The fraction of sp³-hybridized carbons (Fsp3) is 0.650. The smallest absolute Gasteiger partial charge is 0.191 e. The van der Waals surface area contributed by atoms with Gasteiger partial charge in [-0.3, -0.25) is 4.99 Å². The lowest BCUT2D eigenvalue weighted by atomic mass is 9.67. The molecule has 2 rings (SSSR count). The van der Waals surface area contributed by atoms with Gasteiger partial charge >= 0.3 is 0 Å². The van der Waals surface area contributed by atoms with Gasteiger partial charge in [-0.15, -0.1) is 24.0 Å². The van der Waals surface area contributed by atoms with Gasteiger partial charge in [0.25, 0.3) is 0 Å². The topological polar surface area (TPSA) is 73.3 Å². The predicted molar refractivity (Wildman–Crippen MR) is 122 cm³/mol. The quantitative estimate of drug-likeness (QED) is 0.288. The highest BCUT2D eigenvalue weighted by Gasteiger charge is 2.36. The number of rotatable bonds is 10. The predicted octanol–water partition coefficient (Wildman–Crippen LogP) is 3.20. The average Bonchev–Trinajstić information content (AvgIpc) is 2.68. The van der Waals surface area contributed by atoms with E-state index in [-0.39, 0.29) is 24.0 Å². The summed E-state index contributed by atoms with van der Waals surface area (Å²) >= 11 is 0. The van der Waals surface area contributed by atoms with Crippen LogP contribution in [0.3, 0.4) is 0 Å². The Balaban J connectivity index is 0.00000392. The molecule has 0 aliphatic heterocycles. The third-order valence-corrected chi connectivity index (χ3v) is 5.34. The molecule has 0 unspecified atom stereocenters. The SMILES string of the molecule is CN=C(NCc1cc(OC)c(OC)cc1OC)NCC1(CCOC)CCC1.I. The maximum absolute atomic E-state index is 5.49. The third-order valence-electron chi connectivity index (χ3n) is 5.34. The molecule has 2 N–H and O–H groups in total. The Morgan fingerprint density at radius 2 is 1.64 bits per heavy atom. The van der Waals surface area contributed by atoms with E-state index in [4.69, 9.17) is 18.9 Å². The molecule has 1 saturated carbocycles. The third kappa shape index (κ3) is 6.30. The summed E-state index contributed by atoms with van der Waals surface area (Å²) in [5.74, 6) is 2.83. The number of halogens is 1. The molecule has 0 aromatic heterocycles. The molecule has 0 radical (unpaired) electrons. The lowest BCUT2D eigenvalue weighted by molar-refractivity contribution is 0.0732. The first-order chi connectivity index (χ1) is 13.1. The van der Waals surface area contributed by atoms with Crippen LogP contribution in [0.1, 0.15) is 31.2 Å². The van der Waals surface area contributed by atoms with Gasteiger partial charge in [0, 0.05) is 45.5 Å². The number of benzene rings is 1. The highest BCUT2D eigenvalue weighted by molar-refractivity contribution is 14.0. The summed E-state index contributed by atoms with van der Waals surface area (Å²) in [7, 11) is 8.43. The zero-order valence-corrected chi connectivity index (χ0v) is 19.9. The summed E-state index contributed by atoms with van der Waals surface area (Å²) in [6.07, 6.45) is 4.85. The van der Waals surface area contributed by atoms with Crippen molar-refractivity contribution in [2.24, 2.45) is 10.4 Å². The van der Waals surface area contributed by atoms with E-state index in [1.54, 1.807) is 35.5 Å². The summed E-state index contributed by atoms with van der Waals surface area (Å²) < 4.78 is 21.5. The number of hydrogen-bond donors (Lipinski definition) is 2. The molecule has 160 valence electrons. The van der Waals surface area contributed by atoms with Crippen molar-refractivity contribution >= 4 is 29.9 Å². The van der Waals surface area contributed by atoms with Crippen LogP contribution >= 0.6 is 24.0 Å². The van der Waals surface area contributed by atoms with Crippen LogP contribution in [0, 0.1) is 5.41 Å². The molecule has 0 saturated heterocycles. The van der Waals surface area contributed by atoms with Gasteiger partial charge in [0.15, 0.2) is 17.5 Å². The van der Waals surface area contributed by atoms with E-state index < -0.39 is 0 Å². The Kier molecular flexibility index (Phi) is 10.7. The molecule has 1 aromatic carbocycles. The van der Waals surface area contributed by atoms with Crippen molar-refractivity contribution in [2.45, 2.75) is 32.2 Å². The van der Waals surface area contributed by atoms with E-state index in [1.165, 1.54) is 19.3 Å². The first kappa shape index (κ1) is 24.6. The van der Waals surface area contributed by atoms with Crippen LogP contribution in [-0.2, 0) is 11.3 Å². The first-order valence-corrected chi connectivity index (χ1v) is 9.33. The van der Waals surface area contributed by atoms with Crippen molar-refractivity contribution in [3.8, 4) is 17.2 Å². The molecule has 28 heavy (non-hydrogen) atoms. The summed E-state index contributed by atoms with van der Waals surface area (Å²) in [6, 6.07) is 3.75. The molecule has 0 heterocycles. The Morgan fingerprint density at radius 1 is 1.00 bits per heavy atom. The molecule has 1 aliphatic rings. The zero-order chi connectivity index (χ0) is 19.7. The molecule has 7 nitrogen and oxygen atoms in total. The number of aliphatic imine (C=N–C) groups is 1. The number of methoxy groups -OCH3 is 4. The largest absolute Gasteiger partial charge is 0.496 e. The van der Waals surface area contributed by atoms with Gasteiger partial charge in [-0.05, 0) is 30.7 Å². The minimum Gasteiger partial charge on any atom is -0.496 e. The van der Waals surface area contributed by atoms with E-state index >= 15 is 0 Å². The van der Waals surface area contributed by atoms with E-state index in [0.717, 1.165) is 36.8 Å². The van der Waals surface area contributed by atoms with Crippen molar-refractivity contribution in [3.05, 3.63) is 17.7 Å². The van der Waals surface area contributed by atoms with Gasteiger partial charge < -0.3 is 29.6 Å². The molecule has 0 amide bonds. The van der Waals surface area contributed by atoms with Gasteiger partial charge in [-0.2, -0.15) is 0 Å². The van der Waals surface area contributed by atoms with Crippen LogP contribution < -0.4 is 24.8 Å². The molecule has 1 aromatic rings. The average molecular weight is 507 g/mol. The molecule has 8 heteroatoms. The second-order valence-corrected chi connectivity index (χ2v) is 6.89. The van der Waals surface area contributed by atoms with Crippen LogP contribution in [0.4, 0.5) is 0 Å². The van der Waals surface area contributed by atoms with Crippen molar-refractivity contribution in [3.63, 3.8) is 0 Å². The minimum absolute atomic E-state index is 0. The fourth-order valence-corrected chi connectivity index (χ4v) is 3.41. The van der Waals surface area contributed by atoms with Crippen LogP contribution in [0.5, 0.6) is 17.2 Å². The second-order valence-electron chi connectivity index (χ2n) is 6.89. The summed E-state index contributed by atoms with van der Waals surface area (Å²) in [5.41, 5.74) is 1.30. The lowest BCUT2D eigenvalue weighted by Gasteiger charge is -2.42. The van der Waals surface area contributed by atoms with Crippen molar-refractivity contribution in [1.82, 2.24) is 10.6 Å². The summed E-state index contributed by atoms with van der Waals surface area (Å²) in [5, 5.41) is 6.82. The van der Waals surface area contributed by atoms with E-state index in [2.05, 4.69) is 15.6 Å². The molecule has 0 bridgehead atoms. The normalized spacial score (nSPS) is 15.1. The van der Waals surface area contributed by atoms with Crippen molar-refractivity contribution < 1.29 is 18.9 Å². The summed E-state index contributed by atoms with van der Waals surface area (Å²) in [4.78, 5) is 4.34. The number of nitrogens with one attached hydrogen (secondary N) is 2. The van der Waals surface area contributed by atoms with Gasteiger partial charge in [-0.1, -0.05) is 6.42 Å². The zero-order valence-electron chi connectivity index (χ0n) is 17.6. The van der Waals surface area contributed by atoms with Crippen LogP contribution in [0.15, 0.2) is 17.1 Å². The van der Waals surface area contributed by atoms with Crippen molar-refractivity contribution in [2.75, 3.05) is 48.6 Å². The number of ether oxygens (including phenoxy) is 4. The molecule has 0 spiro atoms. The number of nitrogens with zero attached hydrogens (tertiary/aromatic N) is 1. The van der Waals surface area contributed by atoms with Gasteiger partial charge in [0.05, 0.1) is 21.3 Å². The molecule has 0 atom stereocenters. The van der Waals surface area contributed by atoms with Gasteiger partial charge in [0.2, 0.25) is 0 Å². The molecular weight excluding hydrogens is 473 g/mol. The number of hydrogen-bond acceptors (Lipinski definition) is 5. The van der Waals surface area contributed by atoms with Gasteiger partial charge in [0.1, 0.15) is 5.75 Å². The van der Waals surface area contributed by atoms with Gasteiger partial charge in [-0.25, -0.2) is 0 Å². The molecular formula is C20H34IN3O4. The van der Waals surface area contributed by atoms with Crippen LogP contribution in [0.2, 0.25) is 0 Å². The Morgan fingerprint density at radius 3 is 2.14 bits per heavy atom. The van der Waals surface area contributed by atoms with E-state index in [1.807, 2.05) is 12.1 Å². The Labute approximate surface area is 185 Å². The highest BCUT2D eigenvalue weighted by Crippen LogP contribution is 2.43. The standard InChI is InChI=1S/C20H33N3O4.HI/c1-21-19(23-14-20(7-6-8-20)9-10-24-2)22-13-15-11-17(26-4)18(27-5)12-16(15)25-3;/h11-12H,6-10,13-14H2,1-5H3,(H2,21,22,23);1H. The Hall–Kier alpha value is -1.42. The van der Waals surface area contributed by atoms with Crippen LogP contribution in [-0.4, -0.2) is 54.6 Å². The first-order valence-electron chi connectivity index (χ1n) is 9.33. The van der Waals surface area contributed by atoms with Crippen LogP contribution in [0.25, 0.3) is 0 Å². The second kappa shape index (κ2) is 12.2. The Bertz CT molecular complexity index is 636. The lowest BCUT2D eigenvalue weighted by Crippen LogP contribution is -2.46.